The van der Waals surface area contributed by atoms with Gasteiger partial charge in [0.2, 0.25) is 0 Å². The van der Waals surface area contributed by atoms with Crippen LogP contribution < -0.4 is 0 Å². The molecular formula is C12H16. The summed E-state index contributed by atoms with van der Waals surface area (Å²) in [5.74, 6) is 1.43. The largest absolute Gasteiger partial charge is 0.0835 e. The van der Waals surface area contributed by atoms with Crippen molar-refractivity contribution in [3.05, 3.63) is 35.5 Å². The van der Waals surface area contributed by atoms with E-state index >= 15 is 0 Å². The van der Waals surface area contributed by atoms with Crippen molar-refractivity contribution in [2.24, 2.45) is 11.8 Å². The van der Waals surface area contributed by atoms with E-state index in [9.17, 15) is 0 Å². The second-order valence-electron chi connectivity index (χ2n) is 4.01. The molecule has 12 heavy (non-hydrogen) atoms. The summed E-state index contributed by atoms with van der Waals surface area (Å²) in [7, 11) is 0. The molecule has 2 aliphatic carbocycles. The Bertz CT molecular complexity index is 266. The monoisotopic (exact) mass is 160 g/mol. The molecule has 0 spiro atoms. The Morgan fingerprint density at radius 1 is 1.25 bits per heavy atom. The molecule has 0 saturated heterocycles. The smallest absolute Gasteiger partial charge is 0.00454 e. The fraction of sp³-hybridized carbons (Fsp3) is 0.500. The first kappa shape index (κ1) is 7.85. The zero-order valence-corrected chi connectivity index (χ0v) is 7.88. The predicted octanol–water partition coefficient (Wildman–Crippen LogP) is 3.48. The zero-order valence-electron chi connectivity index (χ0n) is 7.88. The quantitative estimate of drug-likeness (QED) is 0.476. The summed E-state index contributed by atoms with van der Waals surface area (Å²) in [6.07, 6.45) is 11.7. The summed E-state index contributed by atoms with van der Waals surface area (Å²) in [6.45, 7) is 4.60. The summed E-state index contributed by atoms with van der Waals surface area (Å²) in [4.78, 5) is 0. The van der Waals surface area contributed by atoms with Gasteiger partial charge in [-0.15, -0.1) is 0 Å². The van der Waals surface area contributed by atoms with Crippen molar-refractivity contribution < 1.29 is 0 Å². The molecule has 0 aromatic heterocycles. The van der Waals surface area contributed by atoms with Crippen molar-refractivity contribution in [2.75, 3.05) is 0 Å². The normalized spacial score (nSPS) is 33.8. The lowest BCUT2D eigenvalue weighted by Gasteiger charge is -2.25. The average Bonchev–Trinajstić information content (AvgIpc) is 2.07. The maximum Gasteiger partial charge on any atom is -0.00454 e. The first-order valence-electron chi connectivity index (χ1n) is 4.84. The standard InChI is InChI=1S/C12H16/c1-9-6-7-11-5-3-4-10(2)12(11)8-9/h3-4,6-7,9-10H,5,8H2,1-2H3. The van der Waals surface area contributed by atoms with Gasteiger partial charge >= 0.3 is 0 Å². The van der Waals surface area contributed by atoms with E-state index in [4.69, 9.17) is 0 Å². The first-order chi connectivity index (χ1) is 5.77. The third-order valence-corrected chi connectivity index (χ3v) is 2.89. The topological polar surface area (TPSA) is 0 Å². The molecule has 0 heterocycles. The molecule has 2 aliphatic rings. The van der Waals surface area contributed by atoms with Gasteiger partial charge in [-0.2, -0.15) is 0 Å². The minimum absolute atomic E-state index is 0.682. The van der Waals surface area contributed by atoms with Crippen LogP contribution in [0.5, 0.6) is 0 Å². The number of hydrogen-bond acceptors (Lipinski definition) is 0. The van der Waals surface area contributed by atoms with Crippen LogP contribution in [0.15, 0.2) is 35.5 Å². The van der Waals surface area contributed by atoms with Crippen LogP contribution in [0, 0.1) is 11.8 Å². The minimum atomic E-state index is 0.682. The van der Waals surface area contributed by atoms with Crippen LogP contribution in [0.2, 0.25) is 0 Å². The second-order valence-corrected chi connectivity index (χ2v) is 4.01. The van der Waals surface area contributed by atoms with Crippen LogP contribution in [0.25, 0.3) is 0 Å². The Labute approximate surface area is 74.7 Å². The SMILES string of the molecule is CC1C=CC2=C(C1)C(C)C=CC2. The molecule has 0 amide bonds. The Balaban J connectivity index is 2.28. The van der Waals surface area contributed by atoms with Crippen LogP contribution in [0.3, 0.4) is 0 Å². The fourth-order valence-corrected chi connectivity index (χ4v) is 2.13. The highest BCUT2D eigenvalue weighted by molar-refractivity contribution is 5.37. The van der Waals surface area contributed by atoms with E-state index in [-0.39, 0.29) is 0 Å². The molecular weight excluding hydrogens is 144 g/mol. The molecule has 0 aromatic carbocycles. The van der Waals surface area contributed by atoms with Crippen LogP contribution >= 0.6 is 0 Å². The molecule has 2 rings (SSSR count). The lowest BCUT2D eigenvalue weighted by atomic mass is 9.80. The lowest BCUT2D eigenvalue weighted by Crippen LogP contribution is -2.10. The van der Waals surface area contributed by atoms with Crippen LogP contribution in [-0.4, -0.2) is 0 Å². The van der Waals surface area contributed by atoms with Crippen LogP contribution in [0.1, 0.15) is 26.7 Å². The lowest BCUT2D eigenvalue weighted by molar-refractivity contribution is 0.631. The van der Waals surface area contributed by atoms with E-state index in [0.717, 1.165) is 12.3 Å². The predicted molar refractivity (Wildman–Crippen MR) is 52.9 cm³/mol. The van der Waals surface area contributed by atoms with Gasteiger partial charge in [0.25, 0.3) is 0 Å². The van der Waals surface area contributed by atoms with Gasteiger partial charge in [-0.1, -0.05) is 43.7 Å². The highest BCUT2D eigenvalue weighted by Crippen LogP contribution is 2.34. The molecule has 0 nitrogen and oxygen atoms in total. The molecule has 2 atom stereocenters. The van der Waals surface area contributed by atoms with E-state index in [2.05, 4.69) is 38.2 Å². The number of rotatable bonds is 0. The average molecular weight is 160 g/mol. The third kappa shape index (κ3) is 1.26. The highest BCUT2D eigenvalue weighted by Gasteiger charge is 2.18. The van der Waals surface area contributed by atoms with E-state index < -0.39 is 0 Å². The number of allylic oxidation sites excluding steroid dienone is 6. The Morgan fingerprint density at radius 3 is 2.92 bits per heavy atom. The third-order valence-electron chi connectivity index (χ3n) is 2.89. The van der Waals surface area contributed by atoms with Gasteiger partial charge in [0.1, 0.15) is 0 Å². The van der Waals surface area contributed by atoms with Crippen LogP contribution in [-0.2, 0) is 0 Å². The van der Waals surface area contributed by atoms with Gasteiger partial charge < -0.3 is 0 Å². The first-order valence-corrected chi connectivity index (χ1v) is 4.84. The summed E-state index contributed by atoms with van der Waals surface area (Å²) < 4.78 is 0. The van der Waals surface area contributed by atoms with Gasteiger partial charge in [-0.05, 0) is 30.3 Å². The molecule has 0 fully saturated rings. The van der Waals surface area contributed by atoms with Crippen molar-refractivity contribution >= 4 is 0 Å². The van der Waals surface area contributed by atoms with E-state index in [1.807, 2.05) is 0 Å². The van der Waals surface area contributed by atoms with Gasteiger partial charge in [0, 0.05) is 0 Å². The van der Waals surface area contributed by atoms with Crippen molar-refractivity contribution in [1.82, 2.24) is 0 Å². The van der Waals surface area contributed by atoms with Crippen molar-refractivity contribution in [1.29, 1.82) is 0 Å². The summed E-state index contributed by atoms with van der Waals surface area (Å²) in [5.41, 5.74) is 3.25. The second kappa shape index (κ2) is 2.93. The summed E-state index contributed by atoms with van der Waals surface area (Å²) in [6, 6.07) is 0. The van der Waals surface area contributed by atoms with Gasteiger partial charge in [0.05, 0.1) is 0 Å². The summed E-state index contributed by atoms with van der Waals surface area (Å²) >= 11 is 0. The highest BCUT2D eigenvalue weighted by atomic mass is 14.2. The molecule has 0 aromatic rings. The molecule has 0 bridgehead atoms. The molecule has 2 unspecified atom stereocenters. The Kier molecular flexibility index (Phi) is 1.92. The molecule has 0 N–H and O–H groups in total. The zero-order chi connectivity index (χ0) is 8.55. The minimum Gasteiger partial charge on any atom is -0.0835 e. The van der Waals surface area contributed by atoms with Gasteiger partial charge in [-0.3, -0.25) is 0 Å². The van der Waals surface area contributed by atoms with E-state index in [0.29, 0.717) is 5.92 Å². The van der Waals surface area contributed by atoms with Crippen LogP contribution in [0.4, 0.5) is 0 Å². The van der Waals surface area contributed by atoms with Gasteiger partial charge in [-0.25, -0.2) is 0 Å². The van der Waals surface area contributed by atoms with E-state index in [1.54, 1.807) is 11.1 Å². The van der Waals surface area contributed by atoms with E-state index in [1.165, 1.54) is 6.42 Å². The molecule has 0 saturated carbocycles. The Hall–Kier alpha value is -0.780. The maximum atomic E-state index is 2.34. The molecule has 0 aliphatic heterocycles. The van der Waals surface area contributed by atoms with Gasteiger partial charge in [0.15, 0.2) is 0 Å². The summed E-state index contributed by atoms with van der Waals surface area (Å²) in [5, 5.41) is 0. The number of hydrogen-bond donors (Lipinski definition) is 0. The molecule has 0 heteroatoms. The maximum absolute atomic E-state index is 2.34. The Morgan fingerprint density at radius 2 is 2.08 bits per heavy atom. The molecule has 0 radical (unpaired) electrons. The fourth-order valence-electron chi connectivity index (χ4n) is 2.13. The van der Waals surface area contributed by atoms with Crippen molar-refractivity contribution in [3.63, 3.8) is 0 Å². The van der Waals surface area contributed by atoms with Crippen molar-refractivity contribution in [3.8, 4) is 0 Å². The molecule has 64 valence electrons. The van der Waals surface area contributed by atoms with Crippen molar-refractivity contribution in [2.45, 2.75) is 26.7 Å².